The summed E-state index contributed by atoms with van der Waals surface area (Å²) in [6, 6.07) is 7.91. The maximum Gasteiger partial charge on any atom is 0.310 e. The Labute approximate surface area is 140 Å². The first-order valence-corrected chi connectivity index (χ1v) is 7.80. The summed E-state index contributed by atoms with van der Waals surface area (Å²) in [4.78, 5) is 27.0. The molecule has 0 atom stereocenters. The van der Waals surface area contributed by atoms with Gasteiger partial charge in [-0.1, -0.05) is 29.8 Å². The van der Waals surface area contributed by atoms with Crippen LogP contribution in [0.5, 0.6) is 0 Å². The Hall–Kier alpha value is -2.63. The largest absolute Gasteiger partial charge is 0.481 e. The van der Waals surface area contributed by atoms with Gasteiger partial charge in [0.25, 0.3) is 0 Å². The van der Waals surface area contributed by atoms with Gasteiger partial charge in [0.1, 0.15) is 0 Å². The topological polar surface area (TPSA) is 92.4 Å². The maximum absolute atomic E-state index is 11.8. The standard InChI is InChI=1S/C18H22N2O4/c1-12-4-6-13(7-5-12)14-10-19-16(24-14)9-8-15(21)20-11-18(2,3)17(22)23/h4-7,10H,8-9,11H2,1-3H3,(H,20,21)(H,22,23). The van der Waals surface area contributed by atoms with E-state index in [1.807, 2.05) is 31.2 Å². The highest BCUT2D eigenvalue weighted by molar-refractivity contribution is 5.78. The molecule has 6 heteroatoms. The summed E-state index contributed by atoms with van der Waals surface area (Å²) in [6.07, 6.45) is 2.21. The van der Waals surface area contributed by atoms with Gasteiger partial charge < -0.3 is 14.8 Å². The molecule has 0 saturated heterocycles. The van der Waals surface area contributed by atoms with Crippen molar-refractivity contribution in [3.63, 3.8) is 0 Å². The van der Waals surface area contributed by atoms with Gasteiger partial charge in [0.15, 0.2) is 11.7 Å². The predicted molar refractivity (Wildman–Crippen MR) is 89.4 cm³/mol. The fourth-order valence-electron chi connectivity index (χ4n) is 1.98. The third-order valence-corrected chi connectivity index (χ3v) is 3.76. The molecule has 1 aromatic carbocycles. The Morgan fingerprint density at radius 3 is 2.54 bits per heavy atom. The van der Waals surface area contributed by atoms with E-state index in [4.69, 9.17) is 9.52 Å². The number of hydrogen-bond acceptors (Lipinski definition) is 4. The lowest BCUT2D eigenvalue weighted by Crippen LogP contribution is -2.38. The van der Waals surface area contributed by atoms with Crippen LogP contribution in [-0.2, 0) is 16.0 Å². The van der Waals surface area contributed by atoms with Crippen molar-refractivity contribution < 1.29 is 19.1 Å². The molecule has 0 aliphatic rings. The fraction of sp³-hybridized carbons (Fsp3) is 0.389. The summed E-state index contributed by atoms with van der Waals surface area (Å²) in [5.41, 5.74) is 1.11. The molecule has 0 aliphatic carbocycles. The van der Waals surface area contributed by atoms with Crippen LogP contribution >= 0.6 is 0 Å². The van der Waals surface area contributed by atoms with Gasteiger partial charge in [-0.05, 0) is 20.8 Å². The van der Waals surface area contributed by atoms with Gasteiger partial charge in [-0.2, -0.15) is 0 Å². The molecule has 2 rings (SSSR count). The second-order valence-electron chi connectivity index (χ2n) is 6.45. The maximum atomic E-state index is 11.8. The molecular weight excluding hydrogens is 308 g/mol. The average Bonchev–Trinajstić information content (AvgIpc) is 3.00. The zero-order valence-electron chi connectivity index (χ0n) is 14.1. The number of aryl methyl sites for hydroxylation is 2. The molecule has 0 radical (unpaired) electrons. The molecule has 1 aromatic heterocycles. The van der Waals surface area contributed by atoms with Crippen LogP contribution in [0.3, 0.4) is 0 Å². The van der Waals surface area contributed by atoms with Crippen molar-refractivity contribution in [3.05, 3.63) is 41.9 Å². The minimum absolute atomic E-state index is 0.0847. The van der Waals surface area contributed by atoms with Crippen molar-refractivity contribution in [2.75, 3.05) is 6.54 Å². The Morgan fingerprint density at radius 1 is 1.25 bits per heavy atom. The summed E-state index contributed by atoms with van der Waals surface area (Å²) < 4.78 is 5.66. The van der Waals surface area contributed by atoms with Crippen LogP contribution in [0.1, 0.15) is 31.7 Å². The molecule has 0 fully saturated rings. The highest BCUT2D eigenvalue weighted by Gasteiger charge is 2.27. The number of carboxylic acid groups (broad SMARTS) is 1. The summed E-state index contributed by atoms with van der Waals surface area (Å²) >= 11 is 0. The first-order valence-electron chi connectivity index (χ1n) is 7.80. The average molecular weight is 330 g/mol. The molecule has 1 heterocycles. The van der Waals surface area contributed by atoms with Gasteiger partial charge in [-0.15, -0.1) is 0 Å². The van der Waals surface area contributed by atoms with E-state index in [1.54, 1.807) is 20.0 Å². The lowest BCUT2D eigenvalue weighted by Gasteiger charge is -2.19. The van der Waals surface area contributed by atoms with E-state index in [2.05, 4.69) is 10.3 Å². The number of amides is 1. The minimum Gasteiger partial charge on any atom is -0.481 e. The Kier molecular flexibility index (Phi) is 5.39. The molecule has 2 aromatic rings. The summed E-state index contributed by atoms with van der Waals surface area (Å²) in [5, 5.41) is 11.6. The van der Waals surface area contributed by atoms with Gasteiger partial charge >= 0.3 is 5.97 Å². The molecule has 24 heavy (non-hydrogen) atoms. The molecular formula is C18H22N2O4. The van der Waals surface area contributed by atoms with Gasteiger partial charge in [0.05, 0.1) is 11.6 Å². The van der Waals surface area contributed by atoms with Gasteiger partial charge in [-0.3, -0.25) is 9.59 Å². The molecule has 0 aliphatic heterocycles. The summed E-state index contributed by atoms with van der Waals surface area (Å²) in [7, 11) is 0. The molecule has 2 N–H and O–H groups in total. The normalized spacial score (nSPS) is 11.3. The Bertz CT molecular complexity index is 717. The monoisotopic (exact) mass is 330 g/mol. The van der Waals surface area contributed by atoms with Gasteiger partial charge in [-0.25, -0.2) is 4.98 Å². The second-order valence-corrected chi connectivity index (χ2v) is 6.45. The first kappa shape index (κ1) is 17.7. The SMILES string of the molecule is Cc1ccc(-c2cnc(CCC(=O)NCC(C)(C)C(=O)O)o2)cc1. The number of nitrogens with one attached hydrogen (secondary N) is 1. The fourth-order valence-corrected chi connectivity index (χ4v) is 1.98. The zero-order chi connectivity index (χ0) is 17.7. The van der Waals surface area contributed by atoms with Crippen molar-refractivity contribution in [1.82, 2.24) is 10.3 Å². The van der Waals surface area contributed by atoms with Crippen molar-refractivity contribution in [1.29, 1.82) is 0 Å². The predicted octanol–water partition coefficient (Wildman–Crippen LogP) is 2.81. The molecule has 128 valence electrons. The molecule has 0 saturated carbocycles. The third-order valence-electron chi connectivity index (χ3n) is 3.76. The molecule has 0 bridgehead atoms. The van der Waals surface area contributed by atoms with E-state index in [9.17, 15) is 9.59 Å². The van der Waals surface area contributed by atoms with E-state index >= 15 is 0 Å². The minimum atomic E-state index is -0.989. The van der Waals surface area contributed by atoms with Gasteiger partial charge in [0, 0.05) is 24.9 Å². The Balaban J connectivity index is 1.86. The van der Waals surface area contributed by atoms with Crippen LogP contribution in [0.15, 0.2) is 34.9 Å². The molecule has 0 unspecified atom stereocenters. The van der Waals surface area contributed by atoms with E-state index in [-0.39, 0.29) is 18.9 Å². The number of aromatic nitrogens is 1. The number of carbonyl (C=O) groups excluding carboxylic acids is 1. The lowest BCUT2D eigenvalue weighted by atomic mass is 9.94. The van der Waals surface area contributed by atoms with Crippen LogP contribution in [0, 0.1) is 12.3 Å². The Morgan fingerprint density at radius 2 is 1.92 bits per heavy atom. The lowest BCUT2D eigenvalue weighted by molar-refractivity contribution is -0.146. The number of oxazole rings is 1. The number of carboxylic acids is 1. The number of benzene rings is 1. The highest BCUT2D eigenvalue weighted by Crippen LogP contribution is 2.21. The number of rotatable bonds is 7. The van der Waals surface area contributed by atoms with Crippen LogP contribution in [0.25, 0.3) is 11.3 Å². The van der Waals surface area contributed by atoms with Crippen LogP contribution < -0.4 is 5.32 Å². The number of hydrogen-bond donors (Lipinski definition) is 2. The molecule has 0 spiro atoms. The van der Waals surface area contributed by atoms with E-state index in [0.717, 1.165) is 5.56 Å². The smallest absolute Gasteiger partial charge is 0.310 e. The second kappa shape index (κ2) is 7.29. The third kappa shape index (κ3) is 4.68. The van der Waals surface area contributed by atoms with Crippen molar-refractivity contribution in [2.45, 2.75) is 33.6 Å². The zero-order valence-corrected chi connectivity index (χ0v) is 14.1. The summed E-state index contributed by atoms with van der Waals surface area (Å²) in [6.45, 7) is 5.23. The van der Waals surface area contributed by atoms with Crippen molar-refractivity contribution >= 4 is 11.9 Å². The first-order chi connectivity index (χ1) is 11.3. The van der Waals surface area contributed by atoms with Crippen molar-refractivity contribution in [3.8, 4) is 11.3 Å². The molecule has 6 nitrogen and oxygen atoms in total. The van der Waals surface area contributed by atoms with Crippen LogP contribution in [0.4, 0.5) is 0 Å². The van der Waals surface area contributed by atoms with Crippen molar-refractivity contribution in [2.24, 2.45) is 5.41 Å². The quantitative estimate of drug-likeness (QED) is 0.814. The number of carbonyl (C=O) groups is 2. The van der Waals surface area contributed by atoms with Gasteiger partial charge in [0.2, 0.25) is 5.91 Å². The van der Waals surface area contributed by atoms with Crippen LogP contribution in [-0.4, -0.2) is 28.5 Å². The number of nitrogens with zero attached hydrogens (tertiary/aromatic N) is 1. The summed E-state index contributed by atoms with van der Waals surface area (Å²) in [5.74, 6) is -0.0201. The highest BCUT2D eigenvalue weighted by atomic mass is 16.4. The molecule has 1 amide bonds. The van der Waals surface area contributed by atoms with E-state index in [1.165, 1.54) is 5.56 Å². The van der Waals surface area contributed by atoms with E-state index < -0.39 is 11.4 Å². The van der Waals surface area contributed by atoms with Crippen LogP contribution in [0.2, 0.25) is 0 Å². The van der Waals surface area contributed by atoms with E-state index in [0.29, 0.717) is 18.1 Å². The number of aliphatic carboxylic acids is 1.